The molecule has 0 unspecified atom stereocenters. The molecular weight excluding hydrogens is 285 g/mol. The molecule has 0 spiro atoms. The van der Waals surface area contributed by atoms with E-state index in [4.69, 9.17) is 6.42 Å². The van der Waals surface area contributed by atoms with Gasteiger partial charge in [-0.25, -0.2) is 4.39 Å². The average Bonchev–Trinajstić information content (AvgIpc) is 2.33. The smallest absolute Gasteiger partial charge is 0.192 e. The summed E-state index contributed by atoms with van der Waals surface area (Å²) in [6.07, 6.45) is 5.13. The van der Waals surface area contributed by atoms with Crippen LogP contribution in [0.25, 0.3) is 0 Å². The second-order valence-corrected chi connectivity index (χ2v) is 4.07. The van der Waals surface area contributed by atoms with Gasteiger partial charge in [0.15, 0.2) is 5.96 Å². The Morgan fingerprint density at radius 1 is 1.53 bits per heavy atom. The van der Waals surface area contributed by atoms with E-state index in [0.717, 1.165) is 10.0 Å². The van der Waals surface area contributed by atoms with Crippen LogP contribution in [-0.2, 0) is 6.54 Å². The van der Waals surface area contributed by atoms with E-state index in [2.05, 4.69) is 37.5 Å². The van der Waals surface area contributed by atoms with Crippen LogP contribution in [0, 0.1) is 18.2 Å². The fourth-order valence-electron chi connectivity index (χ4n) is 1.21. The molecule has 0 heterocycles. The third-order valence-corrected chi connectivity index (χ3v) is 2.81. The number of benzene rings is 1. The molecule has 5 heteroatoms. The Balaban J connectivity index is 2.60. The molecule has 3 nitrogen and oxygen atoms in total. The van der Waals surface area contributed by atoms with Crippen molar-refractivity contribution in [1.29, 1.82) is 0 Å². The molecule has 2 N–H and O–H groups in total. The van der Waals surface area contributed by atoms with Crippen molar-refractivity contribution >= 4 is 21.9 Å². The van der Waals surface area contributed by atoms with E-state index in [1.54, 1.807) is 13.1 Å². The standard InChI is InChI=1S/C12H13BrFN3/c1-3-6-16-12(15-2)17-8-9-7-10(14)4-5-11(9)13/h1,4-5,7H,6,8H2,2H3,(H2,15,16,17). The van der Waals surface area contributed by atoms with Gasteiger partial charge in [0.1, 0.15) is 5.82 Å². The van der Waals surface area contributed by atoms with Gasteiger partial charge in [-0.05, 0) is 23.8 Å². The highest BCUT2D eigenvalue weighted by atomic mass is 79.9. The molecule has 0 aliphatic carbocycles. The summed E-state index contributed by atoms with van der Waals surface area (Å²) in [5.41, 5.74) is 0.814. The van der Waals surface area contributed by atoms with E-state index in [9.17, 15) is 4.39 Å². The van der Waals surface area contributed by atoms with Crippen LogP contribution in [0.2, 0.25) is 0 Å². The summed E-state index contributed by atoms with van der Waals surface area (Å²) in [4.78, 5) is 3.98. The number of rotatable bonds is 3. The molecule has 0 fully saturated rings. The van der Waals surface area contributed by atoms with Crippen LogP contribution in [0.4, 0.5) is 4.39 Å². The number of terminal acetylenes is 1. The van der Waals surface area contributed by atoms with Crippen LogP contribution < -0.4 is 10.6 Å². The van der Waals surface area contributed by atoms with Gasteiger partial charge in [-0.15, -0.1) is 6.42 Å². The topological polar surface area (TPSA) is 36.4 Å². The molecule has 0 aliphatic rings. The van der Waals surface area contributed by atoms with E-state index in [1.165, 1.54) is 12.1 Å². The quantitative estimate of drug-likeness (QED) is 0.508. The summed E-state index contributed by atoms with van der Waals surface area (Å²) in [6.45, 7) is 0.854. The molecule has 1 aromatic rings. The van der Waals surface area contributed by atoms with Gasteiger partial charge >= 0.3 is 0 Å². The highest BCUT2D eigenvalue weighted by Crippen LogP contribution is 2.17. The summed E-state index contributed by atoms with van der Waals surface area (Å²) in [5, 5.41) is 5.95. The molecule has 0 aliphatic heterocycles. The van der Waals surface area contributed by atoms with Crippen molar-refractivity contribution in [1.82, 2.24) is 10.6 Å². The molecular formula is C12H13BrFN3. The summed E-state index contributed by atoms with van der Waals surface area (Å²) in [6, 6.07) is 4.54. The van der Waals surface area contributed by atoms with Crippen molar-refractivity contribution in [2.24, 2.45) is 4.99 Å². The summed E-state index contributed by atoms with van der Waals surface area (Å²) in [7, 11) is 1.65. The number of halogens is 2. The first kappa shape index (κ1) is 13.5. The van der Waals surface area contributed by atoms with Gasteiger partial charge < -0.3 is 10.6 Å². The lowest BCUT2D eigenvalue weighted by molar-refractivity contribution is 0.624. The number of hydrogen-bond acceptors (Lipinski definition) is 1. The fourth-order valence-corrected chi connectivity index (χ4v) is 1.60. The Hall–Kier alpha value is -1.54. The maximum Gasteiger partial charge on any atom is 0.192 e. The minimum Gasteiger partial charge on any atom is -0.352 e. The van der Waals surface area contributed by atoms with Gasteiger partial charge in [0, 0.05) is 18.1 Å². The number of nitrogens with one attached hydrogen (secondary N) is 2. The second-order valence-electron chi connectivity index (χ2n) is 3.22. The molecule has 0 aromatic heterocycles. The number of nitrogens with zero attached hydrogens (tertiary/aromatic N) is 1. The van der Waals surface area contributed by atoms with Gasteiger partial charge in [0.25, 0.3) is 0 Å². The highest BCUT2D eigenvalue weighted by molar-refractivity contribution is 9.10. The van der Waals surface area contributed by atoms with Crippen LogP contribution in [0.3, 0.4) is 0 Å². The predicted molar refractivity (Wildman–Crippen MR) is 71.1 cm³/mol. The predicted octanol–water partition coefficient (Wildman–Crippen LogP) is 1.89. The lowest BCUT2D eigenvalue weighted by atomic mass is 10.2. The first-order valence-electron chi connectivity index (χ1n) is 4.99. The molecule has 17 heavy (non-hydrogen) atoms. The van der Waals surface area contributed by atoms with Crippen molar-refractivity contribution in [3.05, 3.63) is 34.1 Å². The van der Waals surface area contributed by atoms with Crippen molar-refractivity contribution in [2.45, 2.75) is 6.54 Å². The van der Waals surface area contributed by atoms with E-state index >= 15 is 0 Å². The zero-order valence-electron chi connectivity index (χ0n) is 9.43. The van der Waals surface area contributed by atoms with Gasteiger partial charge in [-0.2, -0.15) is 0 Å². The average molecular weight is 298 g/mol. The Bertz CT molecular complexity index is 452. The largest absolute Gasteiger partial charge is 0.352 e. The molecule has 1 rings (SSSR count). The molecule has 0 saturated heterocycles. The van der Waals surface area contributed by atoms with Crippen molar-refractivity contribution in [3.8, 4) is 12.3 Å². The van der Waals surface area contributed by atoms with Crippen molar-refractivity contribution in [3.63, 3.8) is 0 Å². The molecule has 0 saturated carbocycles. The monoisotopic (exact) mass is 297 g/mol. The number of guanidine groups is 1. The molecule has 0 bridgehead atoms. The highest BCUT2D eigenvalue weighted by Gasteiger charge is 2.02. The van der Waals surface area contributed by atoms with E-state index < -0.39 is 0 Å². The minimum absolute atomic E-state index is 0.267. The Morgan fingerprint density at radius 2 is 2.29 bits per heavy atom. The first-order chi connectivity index (χ1) is 8.17. The lowest BCUT2D eigenvalue weighted by Gasteiger charge is -2.11. The molecule has 1 aromatic carbocycles. The van der Waals surface area contributed by atoms with E-state index in [0.29, 0.717) is 19.0 Å². The number of aliphatic imine (C=N–C) groups is 1. The molecule has 90 valence electrons. The van der Waals surface area contributed by atoms with Crippen LogP contribution >= 0.6 is 15.9 Å². The van der Waals surface area contributed by atoms with Gasteiger partial charge in [0.2, 0.25) is 0 Å². The fraction of sp³-hybridized carbons (Fsp3) is 0.250. The Morgan fingerprint density at radius 3 is 2.94 bits per heavy atom. The van der Waals surface area contributed by atoms with Gasteiger partial charge in [-0.1, -0.05) is 21.9 Å². The zero-order chi connectivity index (χ0) is 12.7. The Kier molecular flexibility index (Phi) is 5.50. The zero-order valence-corrected chi connectivity index (χ0v) is 11.0. The third-order valence-electron chi connectivity index (χ3n) is 2.04. The van der Waals surface area contributed by atoms with Gasteiger partial charge in [0.05, 0.1) is 6.54 Å². The summed E-state index contributed by atoms with van der Waals surface area (Å²) in [5.74, 6) is 2.77. The first-order valence-corrected chi connectivity index (χ1v) is 5.78. The maximum absolute atomic E-state index is 13.0. The van der Waals surface area contributed by atoms with Crippen molar-refractivity contribution in [2.75, 3.05) is 13.6 Å². The van der Waals surface area contributed by atoms with Crippen molar-refractivity contribution < 1.29 is 4.39 Å². The van der Waals surface area contributed by atoms with E-state index in [-0.39, 0.29) is 5.82 Å². The number of hydrogen-bond donors (Lipinski definition) is 2. The van der Waals surface area contributed by atoms with Crippen LogP contribution in [-0.4, -0.2) is 19.6 Å². The minimum atomic E-state index is -0.267. The summed E-state index contributed by atoms with van der Waals surface area (Å²) < 4.78 is 13.9. The molecule has 0 amide bonds. The van der Waals surface area contributed by atoms with Gasteiger partial charge in [-0.3, -0.25) is 4.99 Å². The van der Waals surface area contributed by atoms with Crippen LogP contribution in [0.15, 0.2) is 27.7 Å². The second kappa shape index (κ2) is 6.92. The third kappa shape index (κ3) is 4.45. The normalized spacial score (nSPS) is 10.8. The lowest BCUT2D eigenvalue weighted by Crippen LogP contribution is -2.37. The van der Waals surface area contributed by atoms with E-state index in [1.807, 2.05) is 0 Å². The SMILES string of the molecule is C#CCNC(=NC)NCc1cc(F)ccc1Br. The molecule has 0 radical (unpaired) electrons. The van der Waals surface area contributed by atoms with Crippen LogP contribution in [0.5, 0.6) is 0 Å². The Labute approximate surface area is 109 Å². The van der Waals surface area contributed by atoms with Crippen LogP contribution in [0.1, 0.15) is 5.56 Å². The molecule has 0 atom stereocenters. The summed E-state index contributed by atoms with van der Waals surface area (Å²) >= 11 is 3.36. The maximum atomic E-state index is 13.0.